The van der Waals surface area contributed by atoms with Gasteiger partial charge in [0.05, 0.1) is 0 Å². The Balaban J connectivity index is 2.44. The van der Waals surface area contributed by atoms with E-state index < -0.39 is 0 Å². The van der Waals surface area contributed by atoms with Gasteiger partial charge in [0.25, 0.3) is 0 Å². The molecule has 0 spiro atoms. The lowest BCUT2D eigenvalue weighted by Crippen LogP contribution is -2.45. The fourth-order valence-corrected chi connectivity index (χ4v) is 1.36. The number of hydrazine groups is 1. The Morgan fingerprint density at radius 1 is 1.54 bits per heavy atom. The van der Waals surface area contributed by atoms with E-state index >= 15 is 0 Å². The highest BCUT2D eigenvalue weighted by Gasteiger charge is 2.24. The molecule has 1 aliphatic rings. The summed E-state index contributed by atoms with van der Waals surface area (Å²) >= 11 is 0. The molecule has 0 aromatic carbocycles. The van der Waals surface area contributed by atoms with E-state index in [4.69, 9.17) is 5.84 Å². The number of guanidine groups is 1. The van der Waals surface area contributed by atoms with Crippen molar-refractivity contribution < 1.29 is 0 Å². The summed E-state index contributed by atoms with van der Waals surface area (Å²) in [6.07, 6.45) is 2.72. The van der Waals surface area contributed by atoms with Crippen LogP contribution < -0.4 is 11.3 Å². The molecule has 0 aromatic heterocycles. The molecule has 76 valence electrons. The molecule has 0 aliphatic heterocycles. The third-order valence-corrected chi connectivity index (χ3v) is 2.29. The van der Waals surface area contributed by atoms with E-state index in [0.29, 0.717) is 0 Å². The quantitative estimate of drug-likeness (QED) is 0.290. The van der Waals surface area contributed by atoms with Crippen molar-refractivity contribution >= 4 is 5.96 Å². The van der Waals surface area contributed by atoms with Gasteiger partial charge in [-0.05, 0) is 32.6 Å². The van der Waals surface area contributed by atoms with Gasteiger partial charge in [0.15, 0.2) is 0 Å². The van der Waals surface area contributed by atoms with E-state index in [1.54, 1.807) is 0 Å². The highest BCUT2D eigenvalue weighted by Crippen LogP contribution is 2.29. The first-order valence-electron chi connectivity index (χ1n) is 5.07. The first kappa shape index (κ1) is 10.3. The van der Waals surface area contributed by atoms with Crippen molar-refractivity contribution in [2.24, 2.45) is 16.8 Å². The summed E-state index contributed by atoms with van der Waals surface area (Å²) in [6, 6.07) is 0. The largest absolute Gasteiger partial charge is 0.342 e. The van der Waals surface area contributed by atoms with Gasteiger partial charge in [-0.1, -0.05) is 0 Å². The lowest BCUT2D eigenvalue weighted by Gasteiger charge is -2.23. The van der Waals surface area contributed by atoms with Gasteiger partial charge in [0, 0.05) is 19.6 Å². The normalized spacial score (nSPS) is 17.3. The molecule has 1 saturated carbocycles. The molecule has 0 heterocycles. The molecule has 0 aromatic rings. The number of aliphatic imine (C=N–C) groups is 1. The summed E-state index contributed by atoms with van der Waals surface area (Å²) in [5, 5.41) is 0. The van der Waals surface area contributed by atoms with E-state index in [0.717, 1.165) is 31.5 Å². The Morgan fingerprint density at radius 3 is 2.62 bits per heavy atom. The zero-order valence-electron chi connectivity index (χ0n) is 8.58. The average Bonchev–Trinajstić information content (AvgIpc) is 2.94. The summed E-state index contributed by atoms with van der Waals surface area (Å²) in [5.74, 6) is 7.11. The van der Waals surface area contributed by atoms with Crippen molar-refractivity contribution in [1.82, 2.24) is 10.3 Å². The molecule has 4 nitrogen and oxygen atoms in total. The Bertz CT molecular complexity index is 174. The summed E-state index contributed by atoms with van der Waals surface area (Å²) < 4.78 is 0. The van der Waals surface area contributed by atoms with Crippen LogP contribution in [0.4, 0.5) is 0 Å². The van der Waals surface area contributed by atoms with Gasteiger partial charge in [0.1, 0.15) is 0 Å². The Labute approximate surface area is 80.2 Å². The van der Waals surface area contributed by atoms with Gasteiger partial charge >= 0.3 is 0 Å². The number of nitrogens with zero attached hydrogens (tertiary/aromatic N) is 2. The molecule has 0 saturated heterocycles. The molecule has 4 heteroatoms. The predicted molar refractivity (Wildman–Crippen MR) is 55.3 cm³/mol. The van der Waals surface area contributed by atoms with Crippen LogP contribution in [-0.2, 0) is 0 Å². The lowest BCUT2D eigenvalue weighted by atomic mass is 10.4. The van der Waals surface area contributed by atoms with Gasteiger partial charge in [-0.15, -0.1) is 0 Å². The molecule has 0 atom stereocenters. The van der Waals surface area contributed by atoms with E-state index in [-0.39, 0.29) is 0 Å². The van der Waals surface area contributed by atoms with Crippen molar-refractivity contribution in [1.29, 1.82) is 0 Å². The Kier molecular flexibility index (Phi) is 4.02. The second kappa shape index (κ2) is 5.07. The van der Waals surface area contributed by atoms with Gasteiger partial charge in [-0.2, -0.15) is 0 Å². The second-order valence-corrected chi connectivity index (χ2v) is 3.42. The smallest absolute Gasteiger partial charge is 0.208 e. The lowest BCUT2D eigenvalue weighted by molar-refractivity contribution is 0.403. The highest BCUT2D eigenvalue weighted by atomic mass is 15.4. The number of hydrogen-bond acceptors (Lipinski definition) is 2. The van der Waals surface area contributed by atoms with Crippen molar-refractivity contribution in [2.45, 2.75) is 26.7 Å². The molecule has 1 aliphatic carbocycles. The monoisotopic (exact) mass is 184 g/mol. The van der Waals surface area contributed by atoms with Crippen LogP contribution in [0.3, 0.4) is 0 Å². The van der Waals surface area contributed by atoms with Crippen molar-refractivity contribution in [3.63, 3.8) is 0 Å². The molecule has 1 fully saturated rings. The number of rotatable bonds is 4. The fraction of sp³-hybridized carbons (Fsp3) is 0.889. The molecular weight excluding hydrogens is 164 g/mol. The SMILES string of the molecule is CCN=C(NN)N(CC)CC1CC1. The van der Waals surface area contributed by atoms with Crippen LogP contribution in [0.2, 0.25) is 0 Å². The molecule has 3 N–H and O–H groups in total. The maximum absolute atomic E-state index is 5.41. The Morgan fingerprint density at radius 2 is 2.23 bits per heavy atom. The minimum Gasteiger partial charge on any atom is -0.342 e. The van der Waals surface area contributed by atoms with Crippen molar-refractivity contribution in [2.75, 3.05) is 19.6 Å². The Hall–Kier alpha value is -0.770. The number of hydrogen-bond donors (Lipinski definition) is 2. The summed E-state index contributed by atoms with van der Waals surface area (Å²) in [6.45, 7) is 6.99. The molecular formula is C9H20N4. The van der Waals surface area contributed by atoms with E-state index in [9.17, 15) is 0 Å². The van der Waals surface area contributed by atoms with E-state index in [2.05, 4.69) is 22.2 Å². The van der Waals surface area contributed by atoms with Crippen LogP contribution in [0.15, 0.2) is 4.99 Å². The van der Waals surface area contributed by atoms with Crippen LogP contribution in [-0.4, -0.2) is 30.5 Å². The molecule has 0 bridgehead atoms. The minimum atomic E-state index is 0.778. The molecule has 1 rings (SSSR count). The first-order valence-corrected chi connectivity index (χ1v) is 5.07. The van der Waals surface area contributed by atoms with Crippen molar-refractivity contribution in [3.8, 4) is 0 Å². The van der Waals surface area contributed by atoms with Crippen molar-refractivity contribution in [3.05, 3.63) is 0 Å². The van der Waals surface area contributed by atoms with Gasteiger partial charge in [-0.25, -0.2) is 5.84 Å². The summed E-state index contributed by atoms with van der Waals surface area (Å²) in [7, 11) is 0. The van der Waals surface area contributed by atoms with Gasteiger partial charge < -0.3 is 4.90 Å². The van der Waals surface area contributed by atoms with Crippen LogP contribution in [0.1, 0.15) is 26.7 Å². The number of nitrogens with one attached hydrogen (secondary N) is 1. The predicted octanol–water partition coefficient (Wildman–Crippen LogP) is 0.558. The fourth-order valence-electron chi connectivity index (χ4n) is 1.36. The third kappa shape index (κ3) is 3.22. The maximum Gasteiger partial charge on any atom is 0.208 e. The standard InChI is InChI=1S/C9H20N4/c1-3-11-9(12-10)13(4-2)7-8-5-6-8/h8H,3-7,10H2,1-2H3,(H,11,12). The van der Waals surface area contributed by atoms with E-state index in [1.165, 1.54) is 12.8 Å². The van der Waals surface area contributed by atoms with E-state index in [1.807, 2.05) is 6.92 Å². The zero-order valence-corrected chi connectivity index (χ0v) is 8.58. The highest BCUT2D eigenvalue weighted by molar-refractivity contribution is 5.79. The minimum absolute atomic E-state index is 0.778. The van der Waals surface area contributed by atoms with Crippen LogP contribution >= 0.6 is 0 Å². The zero-order chi connectivity index (χ0) is 9.68. The molecule has 0 amide bonds. The first-order chi connectivity index (χ1) is 6.31. The van der Waals surface area contributed by atoms with Crippen LogP contribution in [0, 0.1) is 5.92 Å². The summed E-state index contributed by atoms with van der Waals surface area (Å²) in [4.78, 5) is 6.51. The second-order valence-electron chi connectivity index (χ2n) is 3.42. The third-order valence-electron chi connectivity index (χ3n) is 2.29. The summed E-state index contributed by atoms with van der Waals surface area (Å²) in [5.41, 5.74) is 2.66. The van der Waals surface area contributed by atoms with Gasteiger partial charge in [0.2, 0.25) is 5.96 Å². The molecule has 13 heavy (non-hydrogen) atoms. The number of nitrogens with two attached hydrogens (primary N) is 1. The molecule has 0 radical (unpaired) electrons. The van der Waals surface area contributed by atoms with Crippen LogP contribution in [0.25, 0.3) is 0 Å². The van der Waals surface area contributed by atoms with Crippen LogP contribution in [0.5, 0.6) is 0 Å². The average molecular weight is 184 g/mol. The molecule has 0 unspecified atom stereocenters. The van der Waals surface area contributed by atoms with Gasteiger partial charge in [-0.3, -0.25) is 10.4 Å². The maximum atomic E-state index is 5.41. The topological polar surface area (TPSA) is 53.6 Å².